The van der Waals surface area contributed by atoms with E-state index in [4.69, 9.17) is 4.74 Å². The van der Waals surface area contributed by atoms with Gasteiger partial charge in [0.15, 0.2) is 0 Å². The molecule has 0 aliphatic carbocycles. The molecule has 0 fully saturated rings. The molecule has 0 radical (unpaired) electrons. The quantitative estimate of drug-likeness (QED) is 0.619. The van der Waals surface area contributed by atoms with Gasteiger partial charge in [-0.05, 0) is 17.5 Å². The molecule has 0 saturated carbocycles. The van der Waals surface area contributed by atoms with E-state index in [0.717, 1.165) is 6.42 Å². The molecule has 0 aromatic heterocycles. The van der Waals surface area contributed by atoms with Crippen LogP contribution in [0.2, 0.25) is 19.6 Å². The van der Waals surface area contributed by atoms with E-state index in [1.54, 1.807) is 0 Å². The Morgan fingerprint density at radius 3 is 2.00 bits per heavy atom. The van der Waals surface area contributed by atoms with Crippen molar-refractivity contribution in [1.29, 1.82) is 0 Å². The zero-order valence-electron chi connectivity index (χ0n) is 14.0. The lowest BCUT2D eigenvalue weighted by atomic mass is 10.1. The number of hydrogen-bond donors (Lipinski definition) is 0. The lowest BCUT2D eigenvalue weighted by Crippen LogP contribution is -2.25. The van der Waals surface area contributed by atoms with Crippen LogP contribution in [0.5, 0.6) is 0 Å². The summed E-state index contributed by atoms with van der Waals surface area (Å²) in [4.78, 5) is 0. The molecule has 1 nitrogen and oxygen atoms in total. The third-order valence-electron chi connectivity index (χ3n) is 3.96. The molecule has 0 heterocycles. The van der Waals surface area contributed by atoms with Gasteiger partial charge in [0.05, 0.1) is 14.2 Å². The molecule has 0 saturated heterocycles. The summed E-state index contributed by atoms with van der Waals surface area (Å²) >= 11 is 0. The number of ether oxygens (including phenoxy) is 1. The molecule has 116 valence electrons. The molecule has 22 heavy (non-hydrogen) atoms. The van der Waals surface area contributed by atoms with Gasteiger partial charge in [-0.1, -0.05) is 91.6 Å². The van der Waals surface area contributed by atoms with Gasteiger partial charge >= 0.3 is 0 Å². The first-order valence-corrected chi connectivity index (χ1v) is 11.3. The number of hydrogen-bond acceptors (Lipinski definition) is 1. The molecule has 2 aromatic rings. The smallest absolute Gasteiger partial charge is 0.0854 e. The van der Waals surface area contributed by atoms with E-state index in [2.05, 4.69) is 86.4 Å². The van der Waals surface area contributed by atoms with Gasteiger partial charge in [0.1, 0.15) is 0 Å². The molecule has 2 heteroatoms. The van der Waals surface area contributed by atoms with Crippen molar-refractivity contribution in [1.82, 2.24) is 0 Å². The average Bonchev–Trinajstić information content (AvgIpc) is 2.52. The number of benzene rings is 2. The Morgan fingerprint density at radius 1 is 0.955 bits per heavy atom. The molecule has 1 atom stereocenters. The van der Waals surface area contributed by atoms with Crippen LogP contribution in [-0.4, -0.2) is 15.2 Å². The van der Waals surface area contributed by atoms with Crippen LogP contribution < -0.4 is 0 Å². The summed E-state index contributed by atoms with van der Waals surface area (Å²) in [5.74, 6) is 0. The second-order valence-electron chi connectivity index (χ2n) is 6.67. The van der Waals surface area contributed by atoms with Gasteiger partial charge < -0.3 is 4.74 Å². The minimum atomic E-state index is -1.40. The van der Waals surface area contributed by atoms with Gasteiger partial charge in [-0.25, -0.2) is 0 Å². The molecule has 0 N–H and O–H groups in total. The SMILES string of the molecule is COC(C/C(=C/c1ccccc1)[Si](C)(C)C)c1ccccc1. The molecule has 0 aliphatic rings. The predicted molar refractivity (Wildman–Crippen MR) is 98.6 cm³/mol. The Labute approximate surface area is 135 Å². The zero-order chi connectivity index (χ0) is 16.0. The third kappa shape index (κ3) is 4.69. The second kappa shape index (κ2) is 7.57. The molecule has 1 unspecified atom stereocenters. The van der Waals surface area contributed by atoms with Crippen molar-refractivity contribution in [2.75, 3.05) is 7.11 Å². The van der Waals surface area contributed by atoms with Crippen LogP contribution in [0.1, 0.15) is 23.7 Å². The molecule has 2 rings (SSSR count). The van der Waals surface area contributed by atoms with Crippen LogP contribution in [0.15, 0.2) is 65.9 Å². The van der Waals surface area contributed by atoms with Crippen molar-refractivity contribution < 1.29 is 4.74 Å². The largest absolute Gasteiger partial charge is 0.376 e. The lowest BCUT2D eigenvalue weighted by Gasteiger charge is -2.26. The van der Waals surface area contributed by atoms with E-state index in [1.807, 2.05) is 7.11 Å². The average molecular weight is 311 g/mol. The van der Waals surface area contributed by atoms with Crippen molar-refractivity contribution in [3.63, 3.8) is 0 Å². The fourth-order valence-electron chi connectivity index (χ4n) is 2.54. The highest BCUT2D eigenvalue weighted by atomic mass is 28.3. The zero-order valence-corrected chi connectivity index (χ0v) is 15.0. The second-order valence-corrected chi connectivity index (χ2v) is 11.8. The summed E-state index contributed by atoms with van der Waals surface area (Å²) in [5, 5.41) is 1.54. The van der Waals surface area contributed by atoms with Crippen molar-refractivity contribution in [3.05, 3.63) is 77.0 Å². The van der Waals surface area contributed by atoms with Crippen LogP contribution >= 0.6 is 0 Å². The van der Waals surface area contributed by atoms with E-state index < -0.39 is 8.07 Å². The van der Waals surface area contributed by atoms with Crippen molar-refractivity contribution in [2.24, 2.45) is 0 Å². The summed E-state index contributed by atoms with van der Waals surface area (Å²) in [6.45, 7) is 7.21. The number of rotatable bonds is 6. The van der Waals surface area contributed by atoms with E-state index in [1.165, 1.54) is 16.3 Å². The van der Waals surface area contributed by atoms with Gasteiger partial charge in [0.25, 0.3) is 0 Å². The van der Waals surface area contributed by atoms with Crippen LogP contribution in [0, 0.1) is 0 Å². The summed E-state index contributed by atoms with van der Waals surface area (Å²) < 4.78 is 5.78. The molecular formula is C20H26OSi. The van der Waals surface area contributed by atoms with Gasteiger partial charge in [0, 0.05) is 7.11 Å². The maximum atomic E-state index is 5.78. The van der Waals surface area contributed by atoms with Crippen LogP contribution in [-0.2, 0) is 4.74 Å². The minimum absolute atomic E-state index is 0.128. The molecule has 0 bridgehead atoms. The topological polar surface area (TPSA) is 9.23 Å². The first kappa shape index (κ1) is 16.7. The van der Waals surface area contributed by atoms with E-state index in [-0.39, 0.29) is 6.10 Å². The summed E-state index contributed by atoms with van der Waals surface area (Å²) in [5.41, 5.74) is 2.53. The standard InChI is InChI=1S/C20H26OSi/c1-21-20(18-13-9-6-10-14-18)16-19(22(2,3)4)15-17-11-7-5-8-12-17/h5-15,20H,16H2,1-4H3/b19-15-. The molecule has 0 spiro atoms. The molecule has 0 amide bonds. The Kier molecular flexibility index (Phi) is 5.75. The maximum Gasteiger partial charge on any atom is 0.0854 e. The molecule has 2 aromatic carbocycles. The number of methoxy groups -OCH3 is 1. The minimum Gasteiger partial charge on any atom is -0.376 e. The monoisotopic (exact) mass is 310 g/mol. The summed E-state index contributed by atoms with van der Waals surface area (Å²) in [7, 11) is 0.407. The Balaban J connectivity index is 2.29. The van der Waals surface area contributed by atoms with Gasteiger partial charge in [-0.2, -0.15) is 0 Å². The maximum absolute atomic E-state index is 5.78. The fourth-order valence-corrected chi connectivity index (χ4v) is 3.93. The highest BCUT2D eigenvalue weighted by molar-refractivity contribution is 6.83. The summed E-state index contributed by atoms with van der Waals surface area (Å²) in [6, 6.07) is 21.1. The molecular weight excluding hydrogens is 284 g/mol. The van der Waals surface area contributed by atoms with Gasteiger partial charge in [-0.15, -0.1) is 0 Å². The Hall–Kier alpha value is -1.64. The van der Waals surface area contributed by atoms with Crippen molar-refractivity contribution >= 4 is 14.1 Å². The van der Waals surface area contributed by atoms with Gasteiger partial charge in [-0.3, -0.25) is 0 Å². The Morgan fingerprint density at radius 2 is 1.50 bits per heavy atom. The van der Waals surface area contributed by atoms with Crippen LogP contribution in [0.4, 0.5) is 0 Å². The first-order valence-electron chi connectivity index (χ1n) is 7.84. The van der Waals surface area contributed by atoms with Gasteiger partial charge in [0.2, 0.25) is 0 Å². The fraction of sp³-hybridized carbons (Fsp3) is 0.300. The molecule has 0 aliphatic heterocycles. The third-order valence-corrected chi connectivity index (χ3v) is 6.24. The highest BCUT2D eigenvalue weighted by Gasteiger charge is 2.23. The van der Waals surface area contributed by atoms with Crippen LogP contribution in [0.25, 0.3) is 6.08 Å². The predicted octanol–water partition coefficient (Wildman–Crippen LogP) is 5.73. The van der Waals surface area contributed by atoms with Crippen LogP contribution in [0.3, 0.4) is 0 Å². The van der Waals surface area contributed by atoms with Crippen molar-refractivity contribution in [2.45, 2.75) is 32.2 Å². The Bertz CT molecular complexity index is 597. The van der Waals surface area contributed by atoms with E-state index in [0.29, 0.717) is 0 Å². The first-order chi connectivity index (χ1) is 10.5. The summed E-state index contributed by atoms with van der Waals surface area (Å²) in [6.07, 6.45) is 3.45. The normalized spacial score (nSPS) is 13.9. The van der Waals surface area contributed by atoms with E-state index >= 15 is 0 Å². The van der Waals surface area contributed by atoms with Crippen molar-refractivity contribution in [3.8, 4) is 0 Å². The lowest BCUT2D eigenvalue weighted by molar-refractivity contribution is 0.105. The van der Waals surface area contributed by atoms with E-state index in [9.17, 15) is 0 Å². The highest BCUT2D eigenvalue weighted by Crippen LogP contribution is 2.30.